The Morgan fingerprint density at radius 1 is 1.28 bits per heavy atom. The van der Waals surface area contributed by atoms with Gasteiger partial charge in [-0.25, -0.2) is 0 Å². The average Bonchev–Trinajstić information content (AvgIpc) is 2.23. The maximum Gasteiger partial charge on any atom is 0.416 e. The van der Waals surface area contributed by atoms with E-state index < -0.39 is 11.7 Å². The second kappa shape index (κ2) is 4.16. The van der Waals surface area contributed by atoms with Gasteiger partial charge in [0.05, 0.1) is 5.56 Å². The van der Waals surface area contributed by atoms with Gasteiger partial charge < -0.3 is 10.6 Å². The number of halogens is 3. The van der Waals surface area contributed by atoms with Crippen LogP contribution in [-0.4, -0.2) is 13.1 Å². The molecule has 1 aliphatic rings. The van der Waals surface area contributed by atoms with Crippen molar-refractivity contribution in [3.05, 3.63) is 29.3 Å². The van der Waals surface area contributed by atoms with Crippen molar-refractivity contribution in [2.45, 2.75) is 26.6 Å². The van der Waals surface area contributed by atoms with Crippen molar-refractivity contribution in [1.82, 2.24) is 0 Å². The molecule has 1 heterocycles. The minimum absolute atomic E-state index is 0.121. The number of hydrogen-bond donors (Lipinski definition) is 1. The van der Waals surface area contributed by atoms with E-state index in [1.54, 1.807) is 0 Å². The zero-order valence-corrected chi connectivity index (χ0v) is 10.5. The molecule has 0 atom stereocenters. The molecule has 2 rings (SSSR count). The highest BCUT2D eigenvalue weighted by Crippen LogP contribution is 2.38. The van der Waals surface area contributed by atoms with Gasteiger partial charge in [-0.05, 0) is 29.2 Å². The van der Waals surface area contributed by atoms with E-state index in [1.807, 2.05) is 0 Å². The van der Waals surface area contributed by atoms with Gasteiger partial charge in [-0.2, -0.15) is 13.2 Å². The first-order valence-corrected chi connectivity index (χ1v) is 5.88. The van der Waals surface area contributed by atoms with Crippen molar-refractivity contribution in [3.8, 4) is 0 Å². The van der Waals surface area contributed by atoms with Crippen LogP contribution in [0.5, 0.6) is 0 Å². The van der Waals surface area contributed by atoms with Crippen LogP contribution in [0.4, 0.5) is 18.9 Å². The smallest absolute Gasteiger partial charge is 0.370 e. The molecule has 0 unspecified atom stereocenters. The van der Waals surface area contributed by atoms with Crippen molar-refractivity contribution < 1.29 is 13.2 Å². The molecule has 2 N–H and O–H groups in total. The molecule has 1 aromatic rings. The third-order valence-electron chi connectivity index (χ3n) is 3.21. The van der Waals surface area contributed by atoms with Crippen LogP contribution in [0.25, 0.3) is 0 Å². The maximum atomic E-state index is 12.6. The lowest BCUT2D eigenvalue weighted by Crippen LogP contribution is -2.53. The van der Waals surface area contributed by atoms with E-state index in [-0.39, 0.29) is 12.0 Å². The second-order valence-electron chi connectivity index (χ2n) is 5.57. The third-order valence-corrected chi connectivity index (χ3v) is 3.21. The molecule has 18 heavy (non-hydrogen) atoms. The van der Waals surface area contributed by atoms with Gasteiger partial charge in [0.1, 0.15) is 0 Å². The SMILES string of the molecule is CC1(C)CN(c2ccc(C(F)(F)F)cc2CN)C1. The summed E-state index contributed by atoms with van der Waals surface area (Å²) in [6, 6.07) is 3.81. The summed E-state index contributed by atoms with van der Waals surface area (Å²) in [6.07, 6.45) is -4.31. The van der Waals surface area contributed by atoms with Gasteiger partial charge in [-0.1, -0.05) is 13.8 Å². The quantitative estimate of drug-likeness (QED) is 0.883. The molecule has 0 aliphatic carbocycles. The molecule has 100 valence electrons. The van der Waals surface area contributed by atoms with E-state index in [1.165, 1.54) is 6.07 Å². The molecule has 0 spiro atoms. The molecule has 0 radical (unpaired) electrons. The fourth-order valence-corrected chi connectivity index (χ4v) is 2.39. The molecule has 1 aliphatic heterocycles. The maximum absolute atomic E-state index is 12.6. The molecular formula is C13H17F3N2. The van der Waals surface area contributed by atoms with Gasteiger partial charge in [0, 0.05) is 25.3 Å². The zero-order valence-electron chi connectivity index (χ0n) is 10.5. The summed E-state index contributed by atoms with van der Waals surface area (Å²) in [5, 5.41) is 0. The van der Waals surface area contributed by atoms with Gasteiger partial charge in [0.15, 0.2) is 0 Å². The highest BCUT2D eigenvalue weighted by Gasteiger charge is 2.36. The Balaban J connectivity index is 2.28. The van der Waals surface area contributed by atoms with Crippen LogP contribution in [0.1, 0.15) is 25.0 Å². The second-order valence-corrected chi connectivity index (χ2v) is 5.57. The Morgan fingerprint density at radius 3 is 2.33 bits per heavy atom. The number of anilines is 1. The number of benzene rings is 1. The molecule has 0 amide bonds. The summed E-state index contributed by atoms with van der Waals surface area (Å²) in [4.78, 5) is 2.07. The lowest BCUT2D eigenvalue weighted by Gasteiger charge is -2.48. The van der Waals surface area contributed by atoms with Crippen molar-refractivity contribution >= 4 is 5.69 Å². The Bertz CT molecular complexity index is 444. The predicted octanol–water partition coefficient (Wildman–Crippen LogP) is 3.01. The summed E-state index contributed by atoms with van der Waals surface area (Å²) in [7, 11) is 0. The van der Waals surface area contributed by atoms with Crippen LogP contribution in [0.3, 0.4) is 0 Å². The number of alkyl halides is 3. The minimum atomic E-state index is -4.31. The first kappa shape index (κ1) is 13.2. The summed E-state index contributed by atoms with van der Waals surface area (Å²) >= 11 is 0. The molecule has 0 bridgehead atoms. The van der Waals surface area contributed by atoms with Crippen molar-refractivity contribution in [2.75, 3.05) is 18.0 Å². The largest absolute Gasteiger partial charge is 0.416 e. The zero-order chi connectivity index (χ0) is 13.6. The van der Waals surface area contributed by atoms with E-state index in [4.69, 9.17) is 5.73 Å². The normalized spacial score (nSPS) is 18.7. The molecule has 2 nitrogen and oxygen atoms in total. The lowest BCUT2D eigenvalue weighted by atomic mass is 9.83. The summed E-state index contributed by atoms with van der Waals surface area (Å²) < 4.78 is 37.8. The number of hydrogen-bond acceptors (Lipinski definition) is 2. The van der Waals surface area contributed by atoms with Crippen LogP contribution in [-0.2, 0) is 12.7 Å². The Kier molecular flexibility index (Phi) is 3.05. The van der Waals surface area contributed by atoms with E-state index in [0.29, 0.717) is 5.56 Å². The van der Waals surface area contributed by atoms with Gasteiger partial charge in [-0.15, -0.1) is 0 Å². The fraction of sp³-hybridized carbons (Fsp3) is 0.538. The summed E-state index contributed by atoms with van der Waals surface area (Å²) in [5.41, 5.74) is 6.53. The molecule has 1 aromatic carbocycles. The molecular weight excluding hydrogens is 241 g/mol. The standard InChI is InChI=1S/C13H17F3N2/c1-12(2)7-18(8-12)11-4-3-10(13(14,15)16)5-9(11)6-17/h3-5H,6-8,17H2,1-2H3. The van der Waals surface area contributed by atoms with E-state index >= 15 is 0 Å². The Hall–Kier alpha value is -1.23. The lowest BCUT2D eigenvalue weighted by molar-refractivity contribution is -0.137. The monoisotopic (exact) mass is 258 g/mol. The topological polar surface area (TPSA) is 29.3 Å². The average molecular weight is 258 g/mol. The van der Waals surface area contributed by atoms with Crippen LogP contribution >= 0.6 is 0 Å². The first-order chi connectivity index (χ1) is 8.23. The van der Waals surface area contributed by atoms with Crippen LogP contribution in [0, 0.1) is 5.41 Å². The van der Waals surface area contributed by atoms with E-state index in [2.05, 4.69) is 18.7 Å². The van der Waals surface area contributed by atoms with E-state index in [0.717, 1.165) is 30.9 Å². The fourth-order valence-electron chi connectivity index (χ4n) is 2.39. The molecule has 5 heteroatoms. The Morgan fingerprint density at radius 2 is 1.89 bits per heavy atom. The summed E-state index contributed by atoms with van der Waals surface area (Å²) in [5.74, 6) is 0. The molecule has 1 saturated heterocycles. The van der Waals surface area contributed by atoms with Gasteiger partial charge in [0.25, 0.3) is 0 Å². The van der Waals surface area contributed by atoms with Crippen LogP contribution in [0.2, 0.25) is 0 Å². The van der Waals surface area contributed by atoms with Gasteiger partial charge >= 0.3 is 6.18 Å². The van der Waals surface area contributed by atoms with E-state index in [9.17, 15) is 13.2 Å². The molecule has 0 saturated carbocycles. The first-order valence-electron chi connectivity index (χ1n) is 5.88. The highest BCUT2D eigenvalue weighted by atomic mass is 19.4. The number of rotatable bonds is 2. The van der Waals surface area contributed by atoms with Gasteiger partial charge in [-0.3, -0.25) is 0 Å². The Labute approximate surface area is 105 Å². The highest BCUT2D eigenvalue weighted by molar-refractivity contribution is 5.57. The van der Waals surface area contributed by atoms with Crippen LogP contribution < -0.4 is 10.6 Å². The van der Waals surface area contributed by atoms with Crippen molar-refractivity contribution in [1.29, 1.82) is 0 Å². The third kappa shape index (κ3) is 2.46. The minimum Gasteiger partial charge on any atom is -0.370 e. The predicted molar refractivity (Wildman–Crippen MR) is 65.3 cm³/mol. The number of nitrogens with two attached hydrogens (primary N) is 1. The molecule has 1 fully saturated rings. The summed E-state index contributed by atoms with van der Waals surface area (Å²) in [6.45, 7) is 6.10. The van der Waals surface area contributed by atoms with Crippen molar-refractivity contribution in [3.63, 3.8) is 0 Å². The van der Waals surface area contributed by atoms with Crippen molar-refractivity contribution in [2.24, 2.45) is 11.1 Å². The van der Waals surface area contributed by atoms with Crippen LogP contribution in [0.15, 0.2) is 18.2 Å². The molecule has 0 aromatic heterocycles. The van der Waals surface area contributed by atoms with Gasteiger partial charge in [0.2, 0.25) is 0 Å². The number of nitrogens with zero attached hydrogens (tertiary/aromatic N) is 1.